The number of nitrogens with one attached hydrogen (secondary N) is 1. The third-order valence-corrected chi connectivity index (χ3v) is 9.51. The average molecular weight is 631 g/mol. The van der Waals surface area contributed by atoms with Crippen LogP contribution in [0.5, 0.6) is 5.75 Å². The summed E-state index contributed by atoms with van der Waals surface area (Å²) in [6.45, 7) is 8.93. The number of ether oxygens (including phenoxy) is 1. The van der Waals surface area contributed by atoms with E-state index in [2.05, 4.69) is 32.2 Å². The zero-order valence-electron chi connectivity index (χ0n) is 27.0. The molecule has 2 N–H and O–H groups in total. The molecule has 1 amide bonds. The number of Topliss-reactive ketones (excluding diaryl/α,β-unsaturated/α-hetero) is 1. The maximum atomic E-state index is 13.4. The van der Waals surface area contributed by atoms with Gasteiger partial charge in [-0.2, -0.15) is 0 Å². The van der Waals surface area contributed by atoms with Gasteiger partial charge in [-0.15, -0.1) is 0 Å². The number of carbonyl (C=O) groups is 2. The van der Waals surface area contributed by atoms with Gasteiger partial charge in [0.25, 0.3) is 0 Å². The van der Waals surface area contributed by atoms with Crippen LogP contribution in [0.4, 0.5) is 11.6 Å². The second kappa shape index (κ2) is 14.6. The minimum atomic E-state index is -0.601. The lowest BCUT2D eigenvalue weighted by molar-refractivity contribution is -0.131. The molecule has 4 heterocycles. The number of aromatic nitrogens is 2. The summed E-state index contributed by atoms with van der Waals surface area (Å²) < 4.78 is 11.3. The van der Waals surface area contributed by atoms with Crippen molar-refractivity contribution in [1.82, 2.24) is 19.8 Å². The molecule has 3 aliphatic rings. The van der Waals surface area contributed by atoms with Crippen molar-refractivity contribution in [2.24, 2.45) is 0 Å². The van der Waals surface area contributed by atoms with Crippen molar-refractivity contribution < 1.29 is 23.8 Å². The molecular weight excluding hydrogens is 584 g/mol. The molecule has 1 saturated carbocycles. The van der Waals surface area contributed by atoms with Crippen molar-refractivity contribution in [3.8, 4) is 5.75 Å². The van der Waals surface area contributed by atoms with E-state index in [1.165, 1.54) is 23.9 Å². The van der Waals surface area contributed by atoms with Crippen LogP contribution in [0.15, 0.2) is 41.1 Å². The predicted molar refractivity (Wildman–Crippen MR) is 175 cm³/mol. The first-order valence-electron chi connectivity index (χ1n) is 16.7. The molecular formula is C35H46N6O5. The number of benzene rings is 1. The molecule has 2 fully saturated rings. The maximum Gasteiger partial charge on any atom is 0.222 e. The topological polar surface area (TPSA) is 124 Å². The van der Waals surface area contributed by atoms with E-state index in [9.17, 15) is 14.7 Å². The first-order chi connectivity index (χ1) is 22.3. The number of anilines is 2. The fraction of sp³-hybridized carbons (Fsp3) is 0.543. The summed E-state index contributed by atoms with van der Waals surface area (Å²) in [7, 11) is 0. The molecule has 6 rings (SSSR count). The molecule has 11 heteroatoms. The zero-order valence-corrected chi connectivity index (χ0v) is 27.0. The number of aliphatic hydroxyl groups is 1. The number of pyridine rings is 1. The molecule has 1 aromatic carbocycles. The Morgan fingerprint density at radius 3 is 2.65 bits per heavy atom. The number of piperazine rings is 1. The van der Waals surface area contributed by atoms with E-state index in [0.29, 0.717) is 63.8 Å². The Hall–Kier alpha value is -3.96. The van der Waals surface area contributed by atoms with E-state index in [-0.39, 0.29) is 18.1 Å². The summed E-state index contributed by atoms with van der Waals surface area (Å²) in [4.78, 5) is 40.9. The van der Waals surface area contributed by atoms with Gasteiger partial charge in [-0.25, -0.2) is 9.97 Å². The van der Waals surface area contributed by atoms with E-state index in [1.807, 2.05) is 36.9 Å². The number of ketones is 1. The highest BCUT2D eigenvalue weighted by molar-refractivity contribution is 5.97. The summed E-state index contributed by atoms with van der Waals surface area (Å²) >= 11 is 0. The largest absolute Gasteiger partial charge is 0.486 e. The smallest absolute Gasteiger partial charge is 0.222 e. The number of hydrogen-bond acceptors (Lipinski definition) is 10. The van der Waals surface area contributed by atoms with Crippen molar-refractivity contribution in [1.29, 1.82) is 0 Å². The van der Waals surface area contributed by atoms with Crippen molar-refractivity contribution in [3.05, 3.63) is 64.9 Å². The van der Waals surface area contributed by atoms with Gasteiger partial charge in [-0.1, -0.05) is 13.0 Å². The molecule has 246 valence electrons. The van der Waals surface area contributed by atoms with Gasteiger partial charge in [0, 0.05) is 70.3 Å². The van der Waals surface area contributed by atoms with Gasteiger partial charge in [0.15, 0.2) is 17.9 Å². The minimum absolute atomic E-state index is 0.0104. The Morgan fingerprint density at radius 2 is 1.93 bits per heavy atom. The summed E-state index contributed by atoms with van der Waals surface area (Å²) in [5.74, 6) is 3.21. The normalized spacial score (nSPS) is 17.7. The lowest BCUT2D eigenvalue weighted by Gasteiger charge is -2.36. The van der Waals surface area contributed by atoms with Crippen molar-refractivity contribution in [2.45, 2.75) is 84.1 Å². The standard InChI is InChI=1S/C35H46N6O5/c1-3-35(44)41-15-13-40(14-16-41)34-19-27(18-33(38-34)37-28-5-4-6-28)31(43)10-8-29(42)21-39-12-11-25-17-30(9-7-26(25)20-39)45-22-32-24(2)36-23-46-32/h7,9,17-19,23,28-29,42H,3-6,8,10-16,20-22H2,1-2H3,(H,37,38)/t29-/m0/s1. The lowest BCUT2D eigenvalue weighted by atomic mass is 9.93. The first-order valence-corrected chi connectivity index (χ1v) is 16.7. The van der Waals surface area contributed by atoms with Crippen molar-refractivity contribution >= 4 is 23.3 Å². The second-order valence-electron chi connectivity index (χ2n) is 12.8. The quantitative estimate of drug-likeness (QED) is 0.263. The Morgan fingerprint density at radius 1 is 1.11 bits per heavy atom. The Kier molecular flexibility index (Phi) is 10.2. The van der Waals surface area contributed by atoms with Gasteiger partial charge in [-0.05, 0) is 74.4 Å². The lowest BCUT2D eigenvalue weighted by Crippen LogP contribution is -2.49. The molecule has 1 atom stereocenters. The van der Waals surface area contributed by atoms with Crippen LogP contribution in [0.25, 0.3) is 0 Å². The first kappa shape index (κ1) is 32.0. The fourth-order valence-electron chi connectivity index (χ4n) is 6.36. The van der Waals surface area contributed by atoms with Gasteiger partial charge < -0.3 is 29.4 Å². The fourth-order valence-corrected chi connectivity index (χ4v) is 6.36. The number of oxazole rings is 1. The molecule has 0 radical (unpaired) electrons. The summed E-state index contributed by atoms with van der Waals surface area (Å²) in [6.07, 6.45) is 6.30. The van der Waals surface area contributed by atoms with Crippen LogP contribution >= 0.6 is 0 Å². The SMILES string of the molecule is CCC(=O)N1CCN(c2cc(C(=O)CC[C@H](O)CN3CCc4cc(OCc5ocnc5C)ccc4C3)cc(NC3CCC3)n2)CC1. The highest BCUT2D eigenvalue weighted by atomic mass is 16.5. The third kappa shape index (κ3) is 7.87. The van der Waals surface area contributed by atoms with Crippen molar-refractivity contribution in [3.63, 3.8) is 0 Å². The molecule has 46 heavy (non-hydrogen) atoms. The molecule has 11 nitrogen and oxygen atoms in total. The zero-order chi connectivity index (χ0) is 32.0. The maximum absolute atomic E-state index is 13.4. The predicted octanol–water partition coefficient (Wildman–Crippen LogP) is 4.36. The Balaban J connectivity index is 1.02. The van der Waals surface area contributed by atoms with Crippen LogP contribution in [0.2, 0.25) is 0 Å². The third-order valence-electron chi connectivity index (χ3n) is 9.51. The summed E-state index contributed by atoms with van der Waals surface area (Å²) in [6, 6.07) is 10.3. The van der Waals surface area contributed by atoms with Gasteiger partial charge >= 0.3 is 0 Å². The van der Waals surface area contributed by atoms with Crippen LogP contribution in [-0.2, 0) is 24.4 Å². The summed E-state index contributed by atoms with van der Waals surface area (Å²) in [5.41, 5.74) is 3.94. The molecule has 2 aliphatic heterocycles. The number of aliphatic hydroxyl groups excluding tert-OH is 1. The van der Waals surface area contributed by atoms with E-state index < -0.39 is 6.10 Å². The number of amides is 1. The van der Waals surface area contributed by atoms with Crippen LogP contribution in [-0.4, -0.2) is 88.0 Å². The van der Waals surface area contributed by atoms with E-state index in [1.54, 1.807) is 0 Å². The highest BCUT2D eigenvalue weighted by Crippen LogP contribution is 2.28. The number of aryl methyl sites for hydroxylation is 1. The van der Waals surface area contributed by atoms with Gasteiger partial charge in [0.1, 0.15) is 24.0 Å². The molecule has 0 unspecified atom stereocenters. The minimum Gasteiger partial charge on any atom is -0.486 e. The van der Waals surface area contributed by atoms with Gasteiger partial charge in [0.2, 0.25) is 5.91 Å². The number of fused-ring (bicyclic) bond motifs is 1. The van der Waals surface area contributed by atoms with E-state index in [4.69, 9.17) is 14.1 Å². The molecule has 0 spiro atoms. The van der Waals surface area contributed by atoms with Crippen LogP contribution in [0.3, 0.4) is 0 Å². The molecule has 1 aliphatic carbocycles. The Labute approximate surface area is 270 Å². The van der Waals surface area contributed by atoms with E-state index >= 15 is 0 Å². The number of carbonyl (C=O) groups excluding carboxylic acids is 2. The van der Waals surface area contributed by atoms with Crippen molar-refractivity contribution in [2.75, 3.05) is 49.5 Å². The number of hydrogen-bond donors (Lipinski definition) is 2. The van der Waals surface area contributed by atoms with Crippen LogP contribution in [0, 0.1) is 6.92 Å². The van der Waals surface area contributed by atoms with E-state index in [0.717, 1.165) is 61.2 Å². The average Bonchev–Trinajstić information content (AvgIpc) is 3.48. The molecule has 3 aromatic rings. The van der Waals surface area contributed by atoms with Crippen LogP contribution in [0.1, 0.15) is 78.4 Å². The van der Waals surface area contributed by atoms with Gasteiger partial charge in [0.05, 0.1) is 11.8 Å². The number of nitrogens with zero attached hydrogens (tertiary/aromatic N) is 5. The van der Waals surface area contributed by atoms with Crippen LogP contribution < -0.4 is 15.0 Å². The highest BCUT2D eigenvalue weighted by Gasteiger charge is 2.25. The molecule has 0 bridgehead atoms. The summed E-state index contributed by atoms with van der Waals surface area (Å²) in [5, 5.41) is 14.5. The Bertz CT molecular complexity index is 1510. The number of β-amino-alcohol motifs (C(OH)–C–C–N with tert-alkyl or cyclic N) is 1. The molecule has 1 saturated heterocycles. The number of rotatable bonds is 13. The molecule has 2 aromatic heterocycles. The second-order valence-corrected chi connectivity index (χ2v) is 12.8. The van der Waals surface area contributed by atoms with Gasteiger partial charge in [-0.3, -0.25) is 14.5 Å². The monoisotopic (exact) mass is 630 g/mol.